The zero-order valence-corrected chi connectivity index (χ0v) is 15.0. The van der Waals surface area contributed by atoms with Crippen LogP contribution in [0.1, 0.15) is 28.8 Å². The molecule has 0 aliphatic carbocycles. The number of amides is 1. The molecule has 0 aromatic carbocycles. The average molecular weight is 344 g/mol. The van der Waals surface area contributed by atoms with E-state index >= 15 is 0 Å². The van der Waals surface area contributed by atoms with Gasteiger partial charge in [-0.1, -0.05) is 0 Å². The number of nitrogens with zero attached hydrogens (tertiary/aromatic N) is 4. The molecule has 24 heavy (non-hydrogen) atoms. The maximum Gasteiger partial charge on any atom is 0.237 e. The van der Waals surface area contributed by atoms with Gasteiger partial charge in [-0.05, 0) is 55.3 Å². The van der Waals surface area contributed by atoms with E-state index < -0.39 is 0 Å². The van der Waals surface area contributed by atoms with Gasteiger partial charge in [0.15, 0.2) is 0 Å². The Balaban J connectivity index is 1.36. The van der Waals surface area contributed by atoms with E-state index in [0.717, 1.165) is 39.0 Å². The number of aryl methyl sites for hydroxylation is 1. The predicted molar refractivity (Wildman–Crippen MR) is 95.0 cm³/mol. The standard InChI is InChI=1S/C18H24N4OS/c1-14-9-19-22(10-14)12-16-3-2-6-20(16)13-18(23)21-7-4-17-15(11-21)5-8-24-17/h5,8-10,16H,2-4,6-7,11-13H2,1H3/t16-/m1/s1. The number of fused-ring (bicyclic) bond motifs is 1. The molecule has 0 radical (unpaired) electrons. The fraction of sp³-hybridized carbons (Fsp3) is 0.556. The summed E-state index contributed by atoms with van der Waals surface area (Å²) in [6.45, 7) is 6.17. The molecule has 0 saturated carbocycles. The highest BCUT2D eigenvalue weighted by Gasteiger charge is 2.29. The topological polar surface area (TPSA) is 41.4 Å². The van der Waals surface area contributed by atoms with E-state index in [-0.39, 0.29) is 5.91 Å². The molecule has 0 spiro atoms. The second kappa shape index (κ2) is 6.69. The van der Waals surface area contributed by atoms with Gasteiger partial charge >= 0.3 is 0 Å². The first kappa shape index (κ1) is 15.8. The van der Waals surface area contributed by atoms with E-state index in [1.54, 1.807) is 0 Å². The summed E-state index contributed by atoms with van der Waals surface area (Å²) >= 11 is 1.82. The quantitative estimate of drug-likeness (QED) is 0.855. The maximum absolute atomic E-state index is 12.8. The van der Waals surface area contributed by atoms with E-state index in [4.69, 9.17) is 0 Å². The highest BCUT2D eigenvalue weighted by atomic mass is 32.1. The van der Waals surface area contributed by atoms with Crippen LogP contribution in [0, 0.1) is 6.92 Å². The monoisotopic (exact) mass is 344 g/mol. The molecule has 1 atom stereocenters. The van der Waals surface area contributed by atoms with Gasteiger partial charge in [0.2, 0.25) is 5.91 Å². The van der Waals surface area contributed by atoms with Crippen molar-refractivity contribution in [2.75, 3.05) is 19.6 Å². The molecule has 2 aliphatic rings. The van der Waals surface area contributed by atoms with Gasteiger partial charge in [0.25, 0.3) is 0 Å². The Morgan fingerprint density at radius 1 is 1.42 bits per heavy atom. The molecule has 0 N–H and O–H groups in total. The van der Waals surface area contributed by atoms with Crippen molar-refractivity contribution in [3.63, 3.8) is 0 Å². The summed E-state index contributed by atoms with van der Waals surface area (Å²) in [5.74, 6) is 0.274. The van der Waals surface area contributed by atoms with Crippen LogP contribution >= 0.6 is 11.3 Å². The van der Waals surface area contributed by atoms with Crippen molar-refractivity contribution in [1.29, 1.82) is 0 Å². The molecule has 0 bridgehead atoms. The molecule has 5 nitrogen and oxygen atoms in total. The molecule has 2 aromatic rings. The first-order valence-corrected chi connectivity index (χ1v) is 9.63. The minimum absolute atomic E-state index is 0.274. The fourth-order valence-electron chi connectivity index (χ4n) is 3.83. The van der Waals surface area contributed by atoms with Crippen LogP contribution in [0.3, 0.4) is 0 Å². The molecule has 6 heteroatoms. The summed E-state index contributed by atoms with van der Waals surface area (Å²) in [6, 6.07) is 2.59. The molecule has 1 saturated heterocycles. The number of rotatable bonds is 4. The van der Waals surface area contributed by atoms with Crippen molar-refractivity contribution in [2.24, 2.45) is 0 Å². The van der Waals surface area contributed by atoms with Crippen molar-refractivity contribution in [3.05, 3.63) is 39.8 Å². The first-order valence-electron chi connectivity index (χ1n) is 8.75. The Labute approximate surface area is 146 Å². The lowest BCUT2D eigenvalue weighted by Crippen LogP contribution is -2.44. The van der Waals surface area contributed by atoms with Crippen LogP contribution in [0.5, 0.6) is 0 Å². The Bertz CT molecular complexity index is 722. The molecule has 0 unspecified atom stereocenters. The zero-order valence-electron chi connectivity index (χ0n) is 14.1. The third kappa shape index (κ3) is 3.26. The molecule has 4 heterocycles. The van der Waals surface area contributed by atoms with Gasteiger partial charge in [0.1, 0.15) is 0 Å². The first-order chi connectivity index (χ1) is 11.7. The smallest absolute Gasteiger partial charge is 0.237 e. The van der Waals surface area contributed by atoms with Gasteiger partial charge in [0.05, 0.1) is 19.3 Å². The molecule has 2 aliphatic heterocycles. The van der Waals surface area contributed by atoms with Crippen molar-refractivity contribution >= 4 is 17.2 Å². The molecule has 4 rings (SSSR count). The van der Waals surface area contributed by atoms with Gasteiger partial charge in [-0.25, -0.2) is 0 Å². The summed E-state index contributed by atoms with van der Waals surface area (Å²) in [5.41, 5.74) is 2.53. The molecule has 2 aromatic heterocycles. The zero-order chi connectivity index (χ0) is 16.5. The second-order valence-corrected chi connectivity index (χ2v) is 7.94. The number of aromatic nitrogens is 2. The second-order valence-electron chi connectivity index (χ2n) is 6.94. The average Bonchev–Trinajstić information content (AvgIpc) is 3.29. The lowest BCUT2D eigenvalue weighted by Gasteiger charge is -2.30. The minimum Gasteiger partial charge on any atom is -0.337 e. The maximum atomic E-state index is 12.8. The highest BCUT2D eigenvalue weighted by Crippen LogP contribution is 2.25. The van der Waals surface area contributed by atoms with E-state index in [2.05, 4.69) is 34.6 Å². The van der Waals surface area contributed by atoms with Crippen molar-refractivity contribution < 1.29 is 4.79 Å². The number of hydrogen-bond donors (Lipinski definition) is 0. The van der Waals surface area contributed by atoms with Crippen LogP contribution in [0.4, 0.5) is 0 Å². The normalized spacial score (nSPS) is 21.2. The van der Waals surface area contributed by atoms with Gasteiger partial charge in [-0.15, -0.1) is 11.3 Å². The van der Waals surface area contributed by atoms with Crippen LogP contribution < -0.4 is 0 Å². The molecular weight excluding hydrogens is 320 g/mol. The molecule has 1 amide bonds. The number of hydrogen-bond acceptors (Lipinski definition) is 4. The van der Waals surface area contributed by atoms with Crippen LogP contribution in [0.15, 0.2) is 23.8 Å². The lowest BCUT2D eigenvalue weighted by molar-refractivity contribution is -0.133. The van der Waals surface area contributed by atoms with E-state index in [1.807, 2.05) is 27.1 Å². The lowest BCUT2D eigenvalue weighted by atomic mass is 10.1. The molecule has 128 valence electrons. The number of likely N-dealkylation sites (tertiary alicyclic amines) is 1. The van der Waals surface area contributed by atoms with Crippen LogP contribution in [-0.2, 0) is 24.3 Å². The van der Waals surface area contributed by atoms with Crippen molar-refractivity contribution in [1.82, 2.24) is 19.6 Å². The number of thiophene rings is 1. The van der Waals surface area contributed by atoms with Gasteiger partial charge in [0, 0.05) is 30.2 Å². The number of carbonyl (C=O) groups excluding carboxylic acids is 1. The summed E-state index contributed by atoms with van der Waals surface area (Å²) in [7, 11) is 0. The van der Waals surface area contributed by atoms with E-state index in [1.165, 1.54) is 22.4 Å². The molecule has 1 fully saturated rings. The van der Waals surface area contributed by atoms with Gasteiger partial charge in [-0.2, -0.15) is 5.10 Å². The summed E-state index contributed by atoms with van der Waals surface area (Å²) in [5, 5.41) is 6.54. The Kier molecular flexibility index (Phi) is 4.41. The Morgan fingerprint density at radius 2 is 2.33 bits per heavy atom. The van der Waals surface area contributed by atoms with Gasteiger partial charge < -0.3 is 4.90 Å². The highest BCUT2D eigenvalue weighted by molar-refractivity contribution is 7.10. The largest absolute Gasteiger partial charge is 0.337 e. The molecular formula is C18H24N4OS. The Morgan fingerprint density at radius 3 is 3.17 bits per heavy atom. The van der Waals surface area contributed by atoms with Gasteiger partial charge in [-0.3, -0.25) is 14.4 Å². The third-order valence-corrected chi connectivity index (χ3v) is 6.18. The SMILES string of the molecule is Cc1cnn(C[C@H]2CCCN2CC(=O)N2CCc3sccc3C2)c1. The summed E-state index contributed by atoms with van der Waals surface area (Å²) < 4.78 is 2.02. The van der Waals surface area contributed by atoms with Crippen molar-refractivity contribution in [3.8, 4) is 0 Å². The summed E-state index contributed by atoms with van der Waals surface area (Å²) in [4.78, 5) is 18.6. The third-order valence-electron chi connectivity index (χ3n) is 5.16. The predicted octanol–water partition coefficient (Wildman–Crippen LogP) is 2.30. The van der Waals surface area contributed by atoms with E-state index in [9.17, 15) is 4.79 Å². The summed E-state index contributed by atoms with van der Waals surface area (Å²) in [6.07, 6.45) is 7.32. The number of carbonyl (C=O) groups is 1. The van der Waals surface area contributed by atoms with Crippen LogP contribution in [0.2, 0.25) is 0 Å². The van der Waals surface area contributed by atoms with Crippen LogP contribution in [0.25, 0.3) is 0 Å². The van der Waals surface area contributed by atoms with Crippen LogP contribution in [-0.4, -0.2) is 51.2 Å². The Hall–Kier alpha value is -1.66. The fourth-order valence-corrected chi connectivity index (χ4v) is 4.72. The van der Waals surface area contributed by atoms with E-state index in [0.29, 0.717) is 12.6 Å². The van der Waals surface area contributed by atoms with Crippen molar-refractivity contribution in [2.45, 2.75) is 45.3 Å². The minimum atomic E-state index is 0.274.